The molecule has 0 bridgehead atoms. The van der Waals surface area contributed by atoms with E-state index in [0.717, 1.165) is 16.8 Å². The number of Topliss-reactive ketones (excluding diaryl/α,β-unsaturated/α-hetero) is 1. The van der Waals surface area contributed by atoms with Crippen molar-refractivity contribution in [2.75, 3.05) is 12.4 Å². The van der Waals surface area contributed by atoms with Crippen molar-refractivity contribution in [3.63, 3.8) is 0 Å². The zero-order valence-corrected chi connectivity index (χ0v) is 14.0. The third-order valence-electron chi connectivity index (χ3n) is 4.00. The van der Waals surface area contributed by atoms with Gasteiger partial charge in [-0.3, -0.25) is 4.79 Å². The number of anilines is 1. The summed E-state index contributed by atoms with van der Waals surface area (Å²) < 4.78 is 0. The van der Waals surface area contributed by atoms with E-state index in [1.165, 1.54) is 10.8 Å². The molecule has 0 heterocycles. The van der Waals surface area contributed by atoms with Crippen LogP contribution < -0.4 is 5.32 Å². The number of hydrogen-bond acceptors (Lipinski definition) is 2. The molecule has 1 N–H and O–H groups in total. The molecule has 0 aromatic heterocycles. The molecule has 0 saturated heterocycles. The van der Waals surface area contributed by atoms with Gasteiger partial charge in [0.25, 0.3) is 0 Å². The summed E-state index contributed by atoms with van der Waals surface area (Å²) in [6, 6.07) is 10.5. The number of fused-ring (bicyclic) bond motifs is 1. The monoisotopic (exact) mass is 303 g/mol. The van der Waals surface area contributed by atoms with E-state index in [9.17, 15) is 4.79 Å². The maximum absolute atomic E-state index is 11.2. The van der Waals surface area contributed by atoms with Crippen LogP contribution in [0.15, 0.2) is 48.6 Å². The summed E-state index contributed by atoms with van der Waals surface area (Å²) >= 11 is 0. The van der Waals surface area contributed by atoms with E-state index in [1.807, 2.05) is 44.2 Å². The van der Waals surface area contributed by atoms with Crippen LogP contribution in [0.2, 0.25) is 0 Å². The Balaban J connectivity index is 2.27. The summed E-state index contributed by atoms with van der Waals surface area (Å²) in [5.41, 5.74) is 3.33. The van der Waals surface area contributed by atoms with Crippen LogP contribution in [-0.4, -0.2) is 26.3 Å². The van der Waals surface area contributed by atoms with Crippen LogP contribution in [0.25, 0.3) is 16.8 Å². The van der Waals surface area contributed by atoms with Crippen molar-refractivity contribution in [2.24, 2.45) is 5.92 Å². The standard InChI is InChI=1S/C20H22BNO/c1-14(15(2)23)6-4-5-7-16-8-10-18-17(12-16)9-11-20(22-3)19(18)13-21/h4-14,21-22H,1-3H3/b6-4-,7-5+. The van der Waals surface area contributed by atoms with Crippen LogP contribution in [0.5, 0.6) is 0 Å². The van der Waals surface area contributed by atoms with Crippen LogP contribution in [0.1, 0.15) is 25.0 Å². The van der Waals surface area contributed by atoms with Crippen molar-refractivity contribution in [3.8, 4) is 0 Å². The topological polar surface area (TPSA) is 29.1 Å². The third kappa shape index (κ3) is 4.07. The minimum atomic E-state index is -0.0358. The molecule has 116 valence electrons. The van der Waals surface area contributed by atoms with E-state index in [1.54, 1.807) is 6.92 Å². The number of carbonyl (C=O) groups excluding carboxylic acids is 1. The van der Waals surface area contributed by atoms with Gasteiger partial charge in [-0.15, -0.1) is 0 Å². The third-order valence-corrected chi connectivity index (χ3v) is 4.00. The first-order chi connectivity index (χ1) is 11.1. The summed E-state index contributed by atoms with van der Waals surface area (Å²) in [5.74, 6) is 2.03. The predicted octanol–water partition coefficient (Wildman–Crippen LogP) is 3.73. The Labute approximate surface area is 139 Å². The summed E-state index contributed by atoms with van der Waals surface area (Å²) in [4.78, 5) is 11.2. The Kier molecular flexibility index (Phi) is 5.69. The number of hydrogen-bond donors (Lipinski definition) is 1. The molecule has 1 unspecified atom stereocenters. The van der Waals surface area contributed by atoms with Gasteiger partial charge in [-0.05, 0) is 6.92 Å². The van der Waals surface area contributed by atoms with Crippen LogP contribution in [0, 0.1) is 5.92 Å². The van der Waals surface area contributed by atoms with Crippen LogP contribution in [0.4, 0.5) is 5.69 Å². The molecule has 23 heavy (non-hydrogen) atoms. The first-order valence-electron chi connectivity index (χ1n) is 7.79. The van der Waals surface area contributed by atoms with Gasteiger partial charge < -0.3 is 0 Å². The van der Waals surface area contributed by atoms with E-state index < -0.39 is 0 Å². The minimum absolute atomic E-state index is 0.0358. The van der Waals surface area contributed by atoms with Crippen LogP contribution in [-0.2, 0) is 4.79 Å². The molecule has 0 spiro atoms. The molecular formula is C20H22BNO. The molecule has 0 fully saturated rings. The average molecular weight is 303 g/mol. The van der Waals surface area contributed by atoms with Crippen LogP contribution >= 0.6 is 0 Å². The van der Waals surface area contributed by atoms with Gasteiger partial charge in [0.1, 0.15) is 0 Å². The summed E-state index contributed by atoms with van der Waals surface area (Å²) in [7, 11) is 5.83. The zero-order valence-electron chi connectivity index (χ0n) is 14.0. The molecule has 0 saturated carbocycles. The average Bonchev–Trinajstić information content (AvgIpc) is 2.56. The maximum atomic E-state index is 11.2. The fourth-order valence-corrected chi connectivity index (χ4v) is 2.45. The SMILES string of the molecule is B=Cc1c(NC)ccc2cc(/C=C/C=C\C(C)C(C)=O)ccc12. The summed E-state index contributed by atoms with van der Waals surface area (Å²) in [5, 5.41) is 5.56. The predicted molar refractivity (Wildman–Crippen MR) is 104 cm³/mol. The first-order valence-corrected chi connectivity index (χ1v) is 7.79. The number of allylic oxidation sites excluding steroid dienone is 3. The second-order valence-electron chi connectivity index (χ2n) is 5.60. The molecule has 2 aromatic rings. The molecule has 0 aliphatic carbocycles. The van der Waals surface area contributed by atoms with Crippen molar-refractivity contribution in [1.82, 2.24) is 0 Å². The molecule has 2 nitrogen and oxygen atoms in total. The normalized spacial score (nSPS) is 12.8. The zero-order chi connectivity index (χ0) is 16.8. The van der Waals surface area contributed by atoms with Gasteiger partial charge >= 0.3 is 127 Å². The van der Waals surface area contributed by atoms with Gasteiger partial charge in [0.15, 0.2) is 0 Å². The molecule has 2 rings (SSSR count). The van der Waals surface area contributed by atoms with Gasteiger partial charge in [0.05, 0.1) is 0 Å². The number of nitrogens with one attached hydrogen (secondary N) is 1. The molecule has 0 aliphatic rings. The van der Waals surface area contributed by atoms with Crippen molar-refractivity contribution in [2.45, 2.75) is 13.8 Å². The molecule has 0 amide bonds. The van der Waals surface area contributed by atoms with E-state index >= 15 is 0 Å². The van der Waals surface area contributed by atoms with E-state index in [-0.39, 0.29) is 11.7 Å². The Morgan fingerprint density at radius 3 is 2.65 bits per heavy atom. The molecule has 2 aromatic carbocycles. The van der Waals surface area contributed by atoms with Gasteiger partial charge in [-0.2, -0.15) is 0 Å². The molecular weight excluding hydrogens is 281 g/mol. The quantitative estimate of drug-likeness (QED) is 0.651. The van der Waals surface area contributed by atoms with Crippen LogP contribution in [0.3, 0.4) is 0 Å². The van der Waals surface area contributed by atoms with Crippen molar-refractivity contribution in [1.29, 1.82) is 0 Å². The fraction of sp³-hybridized carbons (Fsp3) is 0.200. The van der Waals surface area contributed by atoms with Crippen molar-refractivity contribution in [3.05, 3.63) is 59.7 Å². The summed E-state index contributed by atoms with van der Waals surface area (Å²) in [6.45, 7) is 3.51. The first kappa shape index (κ1) is 16.9. The van der Waals surface area contributed by atoms with E-state index in [0.29, 0.717) is 0 Å². The number of benzene rings is 2. The molecule has 1 atom stereocenters. The summed E-state index contributed by atoms with van der Waals surface area (Å²) in [6.07, 6.45) is 7.85. The Morgan fingerprint density at radius 1 is 1.22 bits per heavy atom. The van der Waals surface area contributed by atoms with Crippen molar-refractivity contribution < 1.29 is 4.79 Å². The molecule has 0 aliphatic heterocycles. The number of ketones is 1. The second-order valence-corrected chi connectivity index (χ2v) is 5.60. The van der Waals surface area contributed by atoms with Gasteiger partial charge in [0, 0.05) is 0 Å². The van der Waals surface area contributed by atoms with Gasteiger partial charge in [0.2, 0.25) is 0 Å². The van der Waals surface area contributed by atoms with Gasteiger partial charge in [-0.25, -0.2) is 0 Å². The Hall–Kier alpha value is -2.42. The Morgan fingerprint density at radius 2 is 2.00 bits per heavy atom. The van der Waals surface area contributed by atoms with E-state index in [4.69, 9.17) is 0 Å². The fourth-order valence-electron chi connectivity index (χ4n) is 2.45. The number of rotatable bonds is 6. The second kappa shape index (κ2) is 7.73. The number of carbonyl (C=O) groups is 1. The molecule has 3 heteroatoms. The molecule has 0 radical (unpaired) electrons. The van der Waals surface area contributed by atoms with E-state index in [2.05, 4.69) is 43.1 Å². The van der Waals surface area contributed by atoms with Crippen molar-refractivity contribution >= 4 is 41.8 Å². The Bertz CT molecular complexity index is 790. The van der Waals surface area contributed by atoms with Gasteiger partial charge in [-0.1, -0.05) is 0 Å².